The van der Waals surface area contributed by atoms with Gasteiger partial charge in [-0.3, -0.25) is 9.78 Å². The van der Waals surface area contributed by atoms with Gasteiger partial charge >= 0.3 is 0 Å². The van der Waals surface area contributed by atoms with Crippen molar-refractivity contribution in [3.8, 4) is 0 Å². The molecule has 3 rings (SSSR count). The minimum Gasteiger partial charge on any atom is -0.304 e. The van der Waals surface area contributed by atoms with Gasteiger partial charge in [0.15, 0.2) is 0 Å². The van der Waals surface area contributed by atoms with Crippen molar-refractivity contribution >= 4 is 10.9 Å². The number of benzene rings is 1. The number of rotatable bonds is 4. The van der Waals surface area contributed by atoms with Crippen LogP contribution in [0.4, 0.5) is 0 Å². The van der Waals surface area contributed by atoms with Crippen molar-refractivity contribution in [2.75, 3.05) is 0 Å². The van der Waals surface area contributed by atoms with Gasteiger partial charge in [-0.25, -0.2) is 0 Å². The van der Waals surface area contributed by atoms with E-state index in [1.807, 2.05) is 41.0 Å². The molecule has 0 spiro atoms. The molecule has 0 atom stereocenters. The van der Waals surface area contributed by atoms with Gasteiger partial charge in [0.05, 0.1) is 12.1 Å². The van der Waals surface area contributed by atoms with Gasteiger partial charge < -0.3 is 4.57 Å². The molecule has 2 heterocycles. The maximum Gasteiger partial charge on any atom is 0.251 e. The molecule has 22 heavy (non-hydrogen) atoms. The summed E-state index contributed by atoms with van der Waals surface area (Å²) in [5, 5.41) is 1.08. The number of aryl methyl sites for hydroxylation is 2. The van der Waals surface area contributed by atoms with E-state index in [1.54, 1.807) is 6.07 Å². The molecule has 0 aliphatic carbocycles. The fraction of sp³-hybridized carbons (Fsp3) is 0.263. The van der Waals surface area contributed by atoms with Gasteiger partial charge in [0.25, 0.3) is 5.56 Å². The van der Waals surface area contributed by atoms with Gasteiger partial charge in [-0.2, -0.15) is 0 Å². The highest BCUT2D eigenvalue weighted by Crippen LogP contribution is 2.19. The highest BCUT2D eigenvalue weighted by molar-refractivity contribution is 5.81. The van der Waals surface area contributed by atoms with E-state index in [9.17, 15) is 4.79 Å². The quantitative estimate of drug-likeness (QED) is 0.737. The second-order valence-corrected chi connectivity index (χ2v) is 5.44. The molecular weight excluding hydrogens is 272 g/mol. The third-order valence-electron chi connectivity index (χ3n) is 4.00. The molecule has 0 radical (unpaired) electrons. The van der Waals surface area contributed by atoms with Crippen LogP contribution in [0, 0.1) is 0 Å². The Morgan fingerprint density at radius 1 is 1.00 bits per heavy atom. The van der Waals surface area contributed by atoms with Crippen LogP contribution in [0.25, 0.3) is 10.9 Å². The fourth-order valence-electron chi connectivity index (χ4n) is 2.80. The summed E-state index contributed by atoms with van der Waals surface area (Å²) >= 11 is 0. The molecule has 2 aromatic heterocycles. The van der Waals surface area contributed by atoms with Crippen LogP contribution >= 0.6 is 0 Å². The second-order valence-electron chi connectivity index (χ2n) is 5.44. The molecule has 0 saturated heterocycles. The monoisotopic (exact) mass is 292 g/mol. The van der Waals surface area contributed by atoms with Gasteiger partial charge in [0.1, 0.15) is 0 Å². The van der Waals surface area contributed by atoms with Crippen molar-refractivity contribution in [3.05, 3.63) is 75.8 Å². The zero-order valence-electron chi connectivity index (χ0n) is 13.0. The summed E-state index contributed by atoms with van der Waals surface area (Å²) in [6, 6.07) is 15.7. The Bertz CT molecular complexity index is 850. The molecule has 0 saturated carbocycles. The van der Waals surface area contributed by atoms with E-state index in [0.717, 1.165) is 40.7 Å². The van der Waals surface area contributed by atoms with E-state index >= 15 is 0 Å². The molecule has 0 aliphatic heterocycles. The molecule has 3 heteroatoms. The van der Waals surface area contributed by atoms with Crippen LogP contribution in [-0.2, 0) is 19.4 Å². The summed E-state index contributed by atoms with van der Waals surface area (Å²) in [6.45, 7) is 4.79. The smallest absolute Gasteiger partial charge is 0.251 e. The van der Waals surface area contributed by atoms with Crippen LogP contribution in [-0.4, -0.2) is 9.55 Å². The van der Waals surface area contributed by atoms with E-state index in [4.69, 9.17) is 4.98 Å². The standard InChI is InChI=1S/C19H20N2O/c1-3-15-12-18-16(17(4-2)20-15)10-11-19(22)21(18)13-14-8-6-5-7-9-14/h5-12H,3-4,13H2,1-2H3. The third-order valence-corrected chi connectivity index (χ3v) is 4.00. The predicted octanol–water partition coefficient (Wildman–Crippen LogP) is 3.57. The van der Waals surface area contributed by atoms with E-state index in [-0.39, 0.29) is 5.56 Å². The Balaban J connectivity index is 2.24. The molecule has 3 nitrogen and oxygen atoms in total. The number of pyridine rings is 2. The van der Waals surface area contributed by atoms with Gasteiger partial charge in [0, 0.05) is 22.8 Å². The Labute approximate surface area is 130 Å². The average molecular weight is 292 g/mol. The van der Waals surface area contributed by atoms with E-state index < -0.39 is 0 Å². The summed E-state index contributed by atoms with van der Waals surface area (Å²) in [4.78, 5) is 17.1. The zero-order chi connectivity index (χ0) is 15.5. The molecule has 0 fully saturated rings. The lowest BCUT2D eigenvalue weighted by Crippen LogP contribution is -2.20. The Morgan fingerprint density at radius 2 is 1.77 bits per heavy atom. The van der Waals surface area contributed by atoms with Crippen molar-refractivity contribution < 1.29 is 0 Å². The van der Waals surface area contributed by atoms with Crippen LogP contribution in [0.5, 0.6) is 0 Å². The number of aromatic nitrogens is 2. The van der Waals surface area contributed by atoms with Gasteiger partial charge in [-0.15, -0.1) is 0 Å². The molecule has 0 aliphatic rings. The molecule has 1 aromatic carbocycles. The molecule has 3 aromatic rings. The van der Waals surface area contributed by atoms with Gasteiger partial charge in [-0.05, 0) is 30.5 Å². The van der Waals surface area contributed by atoms with Crippen molar-refractivity contribution in [3.63, 3.8) is 0 Å². The van der Waals surface area contributed by atoms with Crippen molar-refractivity contribution in [2.45, 2.75) is 33.2 Å². The van der Waals surface area contributed by atoms with Crippen molar-refractivity contribution in [1.82, 2.24) is 9.55 Å². The van der Waals surface area contributed by atoms with Crippen molar-refractivity contribution in [2.24, 2.45) is 0 Å². The number of fused-ring (bicyclic) bond motifs is 1. The second kappa shape index (κ2) is 6.14. The van der Waals surface area contributed by atoms with Gasteiger partial charge in [0.2, 0.25) is 0 Å². The van der Waals surface area contributed by atoms with E-state index in [1.165, 1.54) is 0 Å². The first-order valence-electron chi connectivity index (χ1n) is 7.79. The average Bonchev–Trinajstić information content (AvgIpc) is 2.57. The minimum atomic E-state index is 0.0339. The van der Waals surface area contributed by atoms with E-state index in [2.05, 4.69) is 19.9 Å². The molecule has 0 amide bonds. The Hall–Kier alpha value is -2.42. The fourth-order valence-corrected chi connectivity index (χ4v) is 2.80. The van der Waals surface area contributed by atoms with Crippen LogP contribution in [0.1, 0.15) is 30.8 Å². The summed E-state index contributed by atoms with van der Waals surface area (Å²) in [7, 11) is 0. The summed E-state index contributed by atoms with van der Waals surface area (Å²) < 4.78 is 1.85. The summed E-state index contributed by atoms with van der Waals surface area (Å²) in [5.41, 5.74) is 4.25. The predicted molar refractivity (Wildman–Crippen MR) is 90.3 cm³/mol. The Kier molecular flexibility index (Phi) is 4.05. The number of hydrogen-bond acceptors (Lipinski definition) is 2. The maximum atomic E-state index is 12.4. The van der Waals surface area contributed by atoms with Crippen LogP contribution < -0.4 is 5.56 Å². The zero-order valence-corrected chi connectivity index (χ0v) is 13.0. The highest BCUT2D eigenvalue weighted by Gasteiger charge is 2.09. The number of hydrogen-bond donors (Lipinski definition) is 0. The summed E-state index contributed by atoms with van der Waals surface area (Å²) in [5.74, 6) is 0. The molecule has 0 N–H and O–H groups in total. The highest BCUT2D eigenvalue weighted by atomic mass is 16.1. The normalized spacial score (nSPS) is 11.0. The first-order valence-corrected chi connectivity index (χ1v) is 7.79. The topological polar surface area (TPSA) is 34.9 Å². The lowest BCUT2D eigenvalue weighted by Gasteiger charge is -2.13. The van der Waals surface area contributed by atoms with Gasteiger partial charge in [-0.1, -0.05) is 44.2 Å². The molecule has 0 unspecified atom stereocenters. The first kappa shape index (κ1) is 14.5. The summed E-state index contributed by atoms with van der Waals surface area (Å²) in [6.07, 6.45) is 1.74. The largest absolute Gasteiger partial charge is 0.304 e. The first-order chi connectivity index (χ1) is 10.7. The van der Waals surface area contributed by atoms with Crippen molar-refractivity contribution in [1.29, 1.82) is 0 Å². The Morgan fingerprint density at radius 3 is 2.45 bits per heavy atom. The van der Waals surface area contributed by atoms with Crippen LogP contribution in [0.15, 0.2) is 53.3 Å². The lowest BCUT2D eigenvalue weighted by atomic mass is 10.1. The lowest BCUT2D eigenvalue weighted by molar-refractivity contribution is 0.790. The number of nitrogens with zero attached hydrogens (tertiary/aromatic N) is 2. The maximum absolute atomic E-state index is 12.4. The third kappa shape index (κ3) is 2.67. The SMILES string of the molecule is CCc1cc2c(ccc(=O)n2Cc2ccccc2)c(CC)n1. The molecule has 112 valence electrons. The molecular formula is C19H20N2O. The van der Waals surface area contributed by atoms with E-state index in [0.29, 0.717) is 6.54 Å². The van der Waals surface area contributed by atoms with Crippen LogP contribution in [0.3, 0.4) is 0 Å². The van der Waals surface area contributed by atoms with Crippen LogP contribution in [0.2, 0.25) is 0 Å². The molecule has 0 bridgehead atoms. The minimum absolute atomic E-state index is 0.0339.